The highest BCUT2D eigenvalue weighted by Crippen LogP contribution is 2.45. The normalized spacial score (nSPS) is 13.3. The topological polar surface area (TPSA) is 39.2 Å². The van der Waals surface area contributed by atoms with Gasteiger partial charge in [0.05, 0.1) is 15.3 Å². The molecule has 160 valence electrons. The highest BCUT2D eigenvalue weighted by molar-refractivity contribution is 7.19. The predicted octanol–water partition coefficient (Wildman–Crippen LogP) is 7.63. The molecule has 3 nitrogen and oxygen atoms in total. The smallest absolute Gasteiger partial charge is 0.163 e. The van der Waals surface area contributed by atoms with E-state index in [1.807, 2.05) is 46.8 Å². The maximum absolute atomic E-state index is 15.5. The lowest BCUT2D eigenvalue weighted by Gasteiger charge is -2.29. The van der Waals surface area contributed by atoms with E-state index < -0.39 is 17.5 Å². The van der Waals surface area contributed by atoms with E-state index in [-0.39, 0.29) is 11.7 Å². The van der Waals surface area contributed by atoms with Crippen LogP contribution in [-0.4, -0.2) is 16.4 Å². The fourth-order valence-corrected chi connectivity index (χ4v) is 4.71. The van der Waals surface area contributed by atoms with Gasteiger partial charge in [-0.05, 0) is 57.9 Å². The quantitative estimate of drug-likeness (QED) is 0.403. The molecule has 30 heavy (non-hydrogen) atoms. The fraction of sp³-hybridized carbons (Fsp3) is 0.417. The van der Waals surface area contributed by atoms with Gasteiger partial charge in [-0.3, -0.25) is 4.79 Å². The molecule has 0 saturated carbocycles. The number of fused-ring (bicyclic) bond motifs is 1. The molecule has 6 heteroatoms. The number of carbonyl (C=O) groups excluding carboxylic acids is 1. The molecule has 3 aromatic rings. The maximum Gasteiger partial charge on any atom is 0.163 e. The minimum Gasteiger partial charge on any atom is -0.360 e. The predicted molar refractivity (Wildman–Crippen MR) is 123 cm³/mol. The molecule has 0 unspecified atom stereocenters. The first-order valence-electron chi connectivity index (χ1n) is 9.97. The van der Waals surface area contributed by atoms with E-state index in [2.05, 4.69) is 4.98 Å². The standard InChI is InChI=1S/C24H27ClFNO2S/c1-12(2)23-27-20-19(26)13(3)17(21(14(4)28)29-24(5,6)7)18(22(20)30-23)15-8-10-16(25)11-9-15/h8-12,21H,1-7H3/t21-/m1/s1. The highest BCUT2D eigenvalue weighted by atomic mass is 35.5. The summed E-state index contributed by atoms with van der Waals surface area (Å²) >= 11 is 7.58. The van der Waals surface area contributed by atoms with Crippen molar-refractivity contribution < 1.29 is 13.9 Å². The van der Waals surface area contributed by atoms with Crippen molar-refractivity contribution in [2.75, 3.05) is 0 Å². The third-order valence-electron chi connectivity index (χ3n) is 4.81. The van der Waals surface area contributed by atoms with Crippen LogP contribution in [-0.2, 0) is 9.53 Å². The molecule has 0 radical (unpaired) electrons. The summed E-state index contributed by atoms with van der Waals surface area (Å²) in [6.45, 7) is 12.9. The Morgan fingerprint density at radius 1 is 1.20 bits per heavy atom. The number of Topliss-reactive ketones (excluding diaryl/α,β-unsaturated/α-hetero) is 1. The van der Waals surface area contributed by atoms with Crippen molar-refractivity contribution in [2.24, 2.45) is 0 Å². The Morgan fingerprint density at radius 3 is 2.30 bits per heavy atom. The zero-order valence-corrected chi connectivity index (χ0v) is 20.0. The van der Waals surface area contributed by atoms with E-state index in [4.69, 9.17) is 16.3 Å². The molecule has 0 saturated heterocycles. The zero-order valence-electron chi connectivity index (χ0n) is 18.4. The van der Waals surface area contributed by atoms with Gasteiger partial charge in [-0.2, -0.15) is 0 Å². The van der Waals surface area contributed by atoms with Gasteiger partial charge in [-0.25, -0.2) is 9.37 Å². The SMILES string of the molecule is CC(=O)[C@@H](OC(C)(C)C)c1c(C)c(F)c2nc(C(C)C)sc2c1-c1ccc(Cl)cc1. The molecule has 0 fully saturated rings. The number of rotatable bonds is 5. The number of aromatic nitrogens is 1. The van der Waals surface area contributed by atoms with Gasteiger partial charge in [-0.15, -0.1) is 11.3 Å². The fourth-order valence-electron chi connectivity index (χ4n) is 3.44. The van der Waals surface area contributed by atoms with Crippen LogP contribution in [0.2, 0.25) is 5.02 Å². The molecule has 2 aromatic carbocycles. The summed E-state index contributed by atoms with van der Waals surface area (Å²) in [5, 5.41) is 1.46. The monoisotopic (exact) mass is 447 g/mol. The van der Waals surface area contributed by atoms with Crippen LogP contribution in [0.4, 0.5) is 4.39 Å². The van der Waals surface area contributed by atoms with Crippen molar-refractivity contribution in [1.82, 2.24) is 4.98 Å². The first-order valence-corrected chi connectivity index (χ1v) is 11.2. The van der Waals surface area contributed by atoms with Crippen LogP contribution < -0.4 is 0 Å². The van der Waals surface area contributed by atoms with Crippen LogP contribution in [0.1, 0.15) is 69.7 Å². The molecule has 0 aliphatic heterocycles. The average molecular weight is 448 g/mol. The minimum absolute atomic E-state index is 0.165. The summed E-state index contributed by atoms with van der Waals surface area (Å²) in [5.74, 6) is -0.404. The summed E-state index contributed by atoms with van der Waals surface area (Å²) in [5.41, 5.74) is 2.34. The maximum atomic E-state index is 15.5. The van der Waals surface area contributed by atoms with Crippen LogP contribution in [0, 0.1) is 12.7 Å². The number of ether oxygens (including phenoxy) is 1. The van der Waals surface area contributed by atoms with Gasteiger partial charge < -0.3 is 4.74 Å². The summed E-state index contributed by atoms with van der Waals surface area (Å²) < 4.78 is 22.4. The second-order valence-electron chi connectivity index (χ2n) is 8.84. The van der Waals surface area contributed by atoms with Crippen molar-refractivity contribution in [3.8, 4) is 11.1 Å². The molecule has 1 heterocycles. The number of hydrogen-bond acceptors (Lipinski definition) is 4. The molecule has 0 bridgehead atoms. The first-order chi connectivity index (χ1) is 13.9. The van der Waals surface area contributed by atoms with Gasteiger partial charge >= 0.3 is 0 Å². The van der Waals surface area contributed by atoms with Gasteiger partial charge in [0.2, 0.25) is 0 Å². The number of thiazole rings is 1. The van der Waals surface area contributed by atoms with Crippen LogP contribution in [0.15, 0.2) is 24.3 Å². The number of hydrogen-bond donors (Lipinski definition) is 0. The molecular formula is C24H27ClFNO2S. The molecule has 1 aromatic heterocycles. The molecule has 1 atom stereocenters. The van der Waals surface area contributed by atoms with Crippen molar-refractivity contribution >= 4 is 38.9 Å². The third-order valence-corrected chi connectivity index (χ3v) is 6.44. The largest absolute Gasteiger partial charge is 0.360 e. The number of carbonyl (C=O) groups is 1. The van der Waals surface area contributed by atoms with E-state index in [0.29, 0.717) is 21.7 Å². The molecule has 3 rings (SSSR count). The molecule has 0 spiro atoms. The highest BCUT2D eigenvalue weighted by Gasteiger charge is 2.32. The van der Waals surface area contributed by atoms with Crippen molar-refractivity contribution in [3.05, 3.63) is 51.2 Å². The molecule has 0 aliphatic carbocycles. The zero-order chi connectivity index (χ0) is 22.4. The van der Waals surface area contributed by atoms with Crippen molar-refractivity contribution in [2.45, 2.75) is 66.1 Å². The Hall–Kier alpha value is -1.82. The van der Waals surface area contributed by atoms with E-state index in [9.17, 15) is 4.79 Å². The van der Waals surface area contributed by atoms with Crippen LogP contribution in [0.3, 0.4) is 0 Å². The Labute approximate surface area is 186 Å². The van der Waals surface area contributed by atoms with Crippen molar-refractivity contribution in [3.63, 3.8) is 0 Å². The Balaban J connectivity index is 2.45. The summed E-state index contributed by atoms with van der Waals surface area (Å²) in [7, 11) is 0. The van der Waals surface area contributed by atoms with Crippen molar-refractivity contribution in [1.29, 1.82) is 0 Å². The summed E-state index contributed by atoms with van der Waals surface area (Å²) in [4.78, 5) is 17.3. The minimum atomic E-state index is -0.890. The summed E-state index contributed by atoms with van der Waals surface area (Å²) in [6.07, 6.45) is -0.890. The second-order valence-corrected chi connectivity index (χ2v) is 10.3. The number of nitrogens with zero attached hydrogens (tertiary/aromatic N) is 1. The lowest BCUT2D eigenvalue weighted by molar-refractivity contribution is -0.138. The van der Waals surface area contributed by atoms with E-state index in [0.717, 1.165) is 20.8 Å². The number of halogens is 2. The van der Waals surface area contributed by atoms with Crippen LogP contribution >= 0.6 is 22.9 Å². The second kappa shape index (κ2) is 8.37. The van der Waals surface area contributed by atoms with E-state index in [1.165, 1.54) is 18.3 Å². The molecular weight excluding hydrogens is 421 g/mol. The first kappa shape index (κ1) is 22.9. The number of benzene rings is 2. The average Bonchev–Trinajstić information content (AvgIpc) is 3.08. The van der Waals surface area contributed by atoms with Gasteiger partial charge in [0.15, 0.2) is 11.6 Å². The summed E-state index contributed by atoms with van der Waals surface area (Å²) in [6, 6.07) is 7.37. The Bertz CT molecular complexity index is 1100. The molecule has 0 aliphatic rings. The van der Waals surface area contributed by atoms with Gasteiger partial charge in [0.25, 0.3) is 0 Å². The third kappa shape index (κ3) is 4.43. The van der Waals surface area contributed by atoms with Gasteiger partial charge in [0.1, 0.15) is 11.6 Å². The van der Waals surface area contributed by atoms with Gasteiger partial charge in [-0.1, -0.05) is 37.6 Å². The van der Waals surface area contributed by atoms with Crippen LogP contribution in [0.5, 0.6) is 0 Å². The lowest BCUT2D eigenvalue weighted by atomic mass is 9.89. The molecule has 0 amide bonds. The van der Waals surface area contributed by atoms with Gasteiger partial charge in [0, 0.05) is 22.1 Å². The number of ketones is 1. The van der Waals surface area contributed by atoms with E-state index in [1.54, 1.807) is 19.1 Å². The van der Waals surface area contributed by atoms with E-state index >= 15 is 4.39 Å². The van der Waals surface area contributed by atoms with Crippen LogP contribution in [0.25, 0.3) is 21.3 Å². The molecule has 0 N–H and O–H groups in total. The Kier molecular flexibility index (Phi) is 6.38. The lowest BCUT2D eigenvalue weighted by Crippen LogP contribution is -2.27. The Morgan fingerprint density at radius 2 is 1.80 bits per heavy atom.